The topological polar surface area (TPSA) is 193 Å². The van der Waals surface area contributed by atoms with Gasteiger partial charge in [-0.05, 0) is 57.5 Å². The van der Waals surface area contributed by atoms with E-state index in [0.29, 0.717) is 17.3 Å². The quantitative estimate of drug-likeness (QED) is 0.161. The Morgan fingerprint density at radius 3 is 2.26 bits per heavy atom. The third-order valence-electron chi connectivity index (χ3n) is 5.61. The van der Waals surface area contributed by atoms with Gasteiger partial charge in [-0.3, -0.25) is 19.4 Å². The number of amides is 3. The number of carbonyl (C=O) groups is 3. The summed E-state index contributed by atoms with van der Waals surface area (Å²) in [6.07, 6.45) is 2.28. The molecule has 0 aliphatic rings. The van der Waals surface area contributed by atoms with Crippen molar-refractivity contribution in [2.75, 3.05) is 19.6 Å². The molecule has 3 unspecified atom stereocenters. The Morgan fingerprint density at radius 2 is 1.67 bits per heavy atom. The number of benzene rings is 1. The van der Waals surface area contributed by atoms with Crippen LogP contribution in [-0.2, 0) is 24.4 Å². The van der Waals surface area contributed by atoms with E-state index in [1.807, 2.05) is 6.92 Å². The highest BCUT2D eigenvalue weighted by Crippen LogP contribution is 2.20. The second-order valence-electron chi connectivity index (χ2n) is 8.97. The Bertz CT molecular complexity index is 1210. The largest absolute Gasteiger partial charge is 0.391 e. The van der Waals surface area contributed by atoms with Crippen molar-refractivity contribution in [3.05, 3.63) is 47.6 Å². The van der Waals surface area contributed by atoms with Gasteiger partial charge in [0.15, 0.2) is 0 Å². The highest BCUT2D eigenvalue weighted by molar-refractivity contribution is 7.89. The number of pyridine rings is 1. The monoisotopic (exact) mass is 582 g/mol. The molecule has 2 aromatic rings. The van der Waals surface area contributed by atoms with E-state index in [4.69, 9.17) is 17.3 Å². The summed E-state index contributed by atoms with van der Waals surface area (Å²) in [5.74, 6) is -2.08. The van der Waals surface area contributed by atoms with Crippen molar-refractivity contribution in [1.29, 1.82) is 0 Å². The van der Waals surface area contributed by atoms with Crippen molar-refractivity contribution in [3.63, 3.8) is 0 Å². The number of nitrogens with two attached hydrogens (primary N) is 1. The van der Waals surface area contributed by atoms with E-state index in [2.05, 4.69) is 25.7 Å². The van der Waals surface area contributed by atoms with Gasteiger partial charge in [0.05, 0.1) is 24.9 Å². The number of nitrogens with one attached hydrogen (secondary N) is 4. The van der Waals surface area contributed by atoms with E-state index in [1.54, 1.807) is 24.3 Å². The minimum Gasteiger partial charge on any atom is -0.391 e. The van der Waals surface area contributed by atoms with Gasteiger partial charge in [-0.2, -0.15) is 0 Å². The SMILES string of the molecule is CC(CCCCN)NC(=O)CNC(=O)C(NC(=O)CNS(=O)(=O)c1ccc(-c2ccc(Cl)cc2)nc1)C(C)O. The Balaban J connectivity index is 1.87. The number of halogens is 1. The van der Waals surface area contributed by atoms with Crippen molar-refractivity contribution < 1.29 is 27.9 Å². The Hall–Kier alpha value is -3.10. The second kappa shape index (κ2) is 15.5. The summed E-state index contributed by atoms with van der Waals surface area (Å²) in [4.78, 5) is 40.9. The summed E-state index contributed by atoms with van der Waals surface area (Å²) in [5.41, 5.74) is 6.73. The lowest BCUT2D eigenvalue weighted by Gasteiger charge is -2.21. The molecule has 39 heavy (non-hydrogen) atoms. The average Bonchev–Trinajstić information content (AvgIpc) is 2.89. The lowest BCUT2D eigenvalue weighted by molar-refractivity contribution is -0.132. The Kier molecular flexibility index (Phi) is 12.7. The Labute approximate surface area is 233 Å². The standard InChI is InChI=1S/C25H35ClN6O6S/c1-16(5-3-4-12-27)31-22(34)14-29-25(36)24(17(2)33)32-23(35)15-30-39(37,38)20-10-11-21(28-13-20)18-6-8-19(26)9-7-18/h6-11,13,16-17,24,30,33H,3-5,12,14-15,27H2,1-2H3,(H,29,36)(H,31,34)(H,32,35). The first kappa shape index (κ1) is 32.1. The molecular weight excluding hydrogens is 548 g/mol. The number of aliphatic hydroxyl groups is 1. The molecular formula is C25H35ClN6O6S. The van der Waals surface area contributed by atoms with Gasteiger partial charge in [-0.25, -0.2) is 13.1 Å². The second-order valence-corrected chi connectivity index (χ2v) is 11.2. The lowest BCUT2D eigenvalue weighted by Crippen LogP contribution is -2.55. The molecule has 0 saturated carbocycles. The minimum absolute atomic E-state index is 0.106. The molecule has 214 valence electrons. The van der Waals surface area contributed by atoms with E-state index < -0.39 is 46.4 Å². The number of nitrogens with zero attached hydrogens (tertiary/aromatic N) is 1. The smallest absolute Gasteiger partial charge is 0.245 e. The normalized spacial score (nSPS) is 13.7. The van der Waals surface area contributed by atoms with Gasteiger partial charge in [-0.15, -0.1) is 0 Å². The predicted molar refractivity (Wildman–Crippen MR) is 147 cm³/mol. The van der Waals surface area contributed by atoms with Gasteiger partial charge in [-0.1, -0.05) is 30.2 Å². The van der Waals surface area contributed by atoms with Gasteiger partial charge in [0.2, 0.25) is 27.7 Å². The first-order valence-corrected chi connectivity index (χ1v) is 14.2. The zero-order valence-corrected chi connectivity index (χ0v) is 23.4. The fraction of sp³-hybridized carbons (Fsp3) is 0.440. The van der Waals surface area contributed by atoms with Crippen LogP contribution in [0.5, 0.6) is 0 Å². The number of carbonyl (C=O) groups excluding carboxylic acids is 3. The molecule has 3 amide bonds. The van der Waals surface area contributed by atoms with Crippen LogP contribution < -0.4 is 26.4 Å². The molecule has 2 rings (SSSR count). The maximum absolute atomic E-state index is 12.6. The molecule has 0 saturated heterocycles. The van der Waals surface area contributed by atoms with Gasteiger partial charge >= 0.3 is 0 Å². The summed E-state index contributed by atoms with van der Waals surface area (Å²) in [6.45, 7) is 2.63. The van der Waals surface area contributed by atoms with Crippen LogP contribution in [0.25, 0.3) is 11.3 Å². The highest BCUT2D eigenvalue weighted by atomic mass is 35.5. The zero-order valence-electron chi connectivity index (χ0n) is 21.8. The first-order valence-electron chi connectivity index (χ1n) is 12.4. The van der Waals surface area contributed by atoms with Crippen LogP contribution in [0.3, 0.4) is 0 Å². The van der Waals surface area contributed by atoms with Gasteiger partial charge < -0.3 is 26.8 Å². The predicted octanol–water partition coefficient (Wildman–Crippen LogP) is 0.296. The molecule has 1 aromatic heterocycles. The van der Waals surface area contributed by atoms with Gasteiger partial charge in [0, 0.05) is 22.8 Å². The summed E-state index contributed by atoms with van der Waals surface area (Å²) in [7, 11) is -4.10. The number of sulfonamides is 1. The van der Waals surface area contributed by atoms with Crippen LogP contribution in [0.15, 0.2) is 47.5 Å². The molecule has 0 bridgehead atoms. The zero-order chi connectivity index (χ0) is 29.0. The van der Waals surface area contributed by atoms with Gasteiger partial charge in [0.1, 0.15) is 10.9 Å². The van der Waals surface area contributed by atoms with Crippen LogP contribution in [0.1, 0.15) is 33.1 Å². The molecule has 0 radical (unpaired) electrons. The fourth-order valence-electron chi connectivity index (χ4n) is 3.47. The van der Waals surface area contributed by atoms with E-state index in [0.717, 1.165) is 31.0 Å². The van der Waals surface area contributed by atoms with Gasteiger partial charge in [0.25, 0.3) is 0 Å². The lowest BCUT2D eigenvalue weighted by atomic mass is 10.1. The number of rotatable bonds is 15. The van der Waals surface area contributed by atoms with E-state index in [-0.39, 0.29) is 17.5 Å². The number of unbranched alkanes of at least 4 members (excludes halogenated alkanes) is 1. The van der Waals surface area contributed by atoms with E-state index in [9.17, 15) is 27.9 Å². The van der Waals surface area contributed by atoms with Crippen LogP contribution in [0, 0.1) is 0 Å². The maximum atomic E-state index is 12.6. The average molecular weight is 583 g/mol. The molecule has 0 aliphatic heterocycles. The van der Waals surface area contributed by atoms with E-state index in [1.165, 1.54) is 19.1 Å². The molecule has 0 fully saturated rings. The molecule has 7 N–H and O–H groups in total. The molecule has 0 aliphatic carbocycles. The van der Waals surface area contributed by atoms with Crippen molar-refractivity contribution in [2.45, 2.75) is 56.2 Å². The van der Waals surface area contributed by atoms with E-state index >= 15 is 0 Å². The minimum atomic E-state index is -4.10. The van der Waals surface area contributed by atoms with Crippen LogP contribution in [0.2, 0.25) is 5.02 Å². The number of aromatic nitrogens is 1. The molecule has 0 spiro atoms. The Morgan fingerprint density at radius 1 is 1.00 bits per heavy atom. The summed E-state index contributed by atoms with van der Waals surface area (Å²) < 4.78 is 27.3. The van der Waals surface area contributed by atoms with Crippen molar-refractivity contribution >= 4 is 39.3 Å². The van der Waals surface area contributed by atoms with Crippen LogP contribution in [0.4, 0.5) is 0 Å². The molecule has 12 nitrogen and oxygen atoms in total. The summed E-state index contributed by atoms with van der Waals surface area (Å²) in [5, 5.41) is 17.9. The van der Waals surface area contributed by atoms with Crippen molar-refractivity contribution in [2.24, 2.45) is 5.73 Å². The third kappa shape index (κ3) is 10.9. The molecule has 1 aromatic carbocycles. The summed E-state index contributed by atoms with van der Waals surface area (Å²) in [6, 6.07) is 8.21. The number of hydrogen-bond acceptors (Lipinski definition) is 8. The molecule has 14 heteroatoms. The van der Waals surface area contributed by atoms with Crippen molar-refractivity contribution in [3.8, 4) is 11.3 Å². The molecule has 1 heterocycles. The van der Waals surface area contributed by atoms with Crippen LogP contribution >= 0.6 is 11.6 Å². The fourth-order valence-corrected chi connectivity index (χ4v) is 4.53. The first-order chi connectivity index (χ1) is 18.4. The third-order valence-corrected chi connectivity index (χ3v) is 7.25. The maximum Gasteiger partial charge on any atom is 0.245 e. The number of hydrogen-bond donors (Lipinski definition) is 6. The molecule has 3 atom stereocenters. The van der Waals surface area contributed by atoms with Crippen molar-refractivity contribution in [1.82, 2.24) is 25.7 Å². The number of aliphatic hydroxyl groups excluding tert-OH is 1. The summed E-state index contributed by atoms with van der Waals surface area (Å²) >= 11 is 5.88. The van der Waals surface area contributed by atoms with Crippen LogP contribution in [-0.4, -0.2) is 74.1 Å². The highest BCUT2D eigenvalue weighted by Gasteiger charge is 2.27.